The van der Waals surface area contributed by atoms with E-state index in [9.17, 15) is 9.59 Å². The fourth-order valence-electron chi connectivity index (χ4n) is 3.31. The maximum atomic E-state index is 12.8. The predicted molar refractivity (Wildman–Crippen MR) is 99.9 cm³/mol. The Hall–Kier alpha value is -2.96. The van der Waals surface area contributed by atoms with E-state index in [2.05, 4.69) is 0 Å². The van der Waals surface area contributed by atoms with E-state index in [1.165, 1.54) is 0 Å². The summed E-state index contributed by atoms with van der Waals surface area (Å²) in [6, 6.07) is 8.99. The average molecular weight is 372 g/mol. The van der Waals surface area contributed by atoms with Crippen LogP contribution < -0.4 is 14.4 Å². The number of amides is 2. The molecule has 1 aliphatic rings. The summed E-state index contributed by atoms with van der Waals surface area (Å²) in [5.74, 6) is 2.12. The van der Waals surface area contributed by atoms with Crippen molar-refractivity contribution in [2.75, 3.05) is 32.7 Å². The lowest BCUT2D eigenvalue weighted by Crippen LogP contribution is -2.34. The molecule has 2 amide bonds. The molecule has 0 aliphatic carbocycles. The van der Waals surface area contributed by atoms with Gasteiger partial charge in [0.25, 0.3) is 0 Å². The minimum absolute atomic E-state index is 0.0817. The van der Waals surface area contributed by atoms with Crippen LogP contribution in [0, 0.1) is 12.8 Å². The van der Waals surface area contributed by atoms with Crippen molar-refractivity contribution in [3.63, 3.8) is 0 Å². The number of rotatable bonds is 6. The highest BCUT2D eigenvalue weighted by Gasteiger charge is 2.37. The van der Waals surface area contributed by atoms with Gasteiger partial charge in [-0.15, -0.1) is 0 Å². The Morgan fingerprint density at radius 1 is 1.26 bits per heavy atom. The van der Waals surface area contributed by atoms with E-state index in [0.29, 0.717) is 30.3 Å². The fourth-order valence-corrected chi connectivity index (χ4v) is 3.31. The molecule has 0 radical (unpaired) electrons. The van der Waals surface area contributed by atoms with Gasteiger partial charge in [0.15, 0.2) is 0 Å². The van der Waals surface area contributed by atoms with Crippen LogP contribution in [0.15, 0.2) is 34.7 Å². The molecule has 0 saturated carbocycles. The summed E-state index contributed by atoms with van der Waals surface area (Å²) >= 11 is 0. The van der Waals surface area contributed by atoms with Crippen LogP contribution in [0.2, 0.25) is 0 Å². The number of hydrogen-bond donors (Lipinski definition) is 0. The van der Waals surface area contributed by atoms with Crippen molar-refractivity contribution in [1.29, 1.82) is 0 Å². The fraction of sp³-hybridized carbons (Fsp3) is 0.400. The summed E-state index contributed by atoms with van der Waals surface area (Å²) in [7, 11) is 4.84. The van der Waals surface area contributed by atoms with Gasteiger partial charge in [-0.05, 0) is 31.2 Å². The summed E-state index contributed by atoms with van der Waals surface area (Å²) < 4.78 is 16.2. The van der Waals surface area contributed by atoms with Crippen molar-refractivity contribution in [2.24, 2.45) is 5.92 Å². The molecule has 27 heavy (non-hydrogen) atoms. The summed E-state index contributed by atoms with van der Waals surface area (Å²) in [5.41, 5.74) is 0.612. The van der Waals surface area contributed by atoms with Crippen LogP contribution in [0.5, 0.6) is 11.5 Å². The third kappa shape index (κ3) is 3.92. The van der Waals surface area contributed by atoms with Gasteiger partial charge >= 0.3 is 0 Å². The van der Waals surface area contributed by atoms with Gasteiger partial charge in [0.1, 0.15) is 23.0 Å². The molecular weight excluding hydrogens is 348 g/mol. The van der Waals surface area contributed by atoms with E-state index in [1.54, 1.807) is 49.3 Å². The lowest BCUT2D eigenvalue weighted by atomic mass is 10.1. The topological polar surface area (TPSA) is 72.2 Å². The molecule has 7 heteroatoms. The Morgan fingerprint density at radius 3 is 2.67 bits per heavy atom. The quantitative estimate of drug-likeness (QED) is 0.779. The molecule has 0 bridgehead atoms. The van der Waals surface area contributed by atoms with Gasteiger partial charge in [-0.2, -0.15) is 0 Å². The molecule has 2 heterocycles. The SMILES string of the molecule is COc1ccc(OC)c(N2CC(C(=O)N(C)Cc3ccc(C)o3)CC2=O)c1. The van der Waals surface area contributed by atoms with E-state index in [4.69, 9.17) is 13.9 Å². The average Bonchev–Trinajstić information content (AvgIpc) is 3.25. The second-order valence-corrected chi connectivity index (χ2v) is 6.65. The summed E-state index contributed by atoms with van der Waals surface area (Å²) in [6.45, 7) is 2.54. The number of anilines is 1. The molecule has 7 nitrogen and oxygen atoms in total. The highest BCUT2D eigenvalue weighted by atomic mass is 16.5. The lowest BCUT2D eigenvalue weighted by molar-refractivity contribution is -0.135. The van der Waals surface area contributed by atoms with Crippen LogP contribution >= 0.6 is 0 Å². The molecule has 0 N–H and O–H groups in total. The highest BCUT2D eigenvalue weighted by molar-refractivity contribution is 6.01. The Morgan fingerprint density at radius 2 is 2.04 bits per heavy atom. The third-order valence-electron chi connectivity index (χ3n) is 4.72. The Kier molecular flexibility index (Phi) is 5.39. The maximum Gasteiger partial charge on any atom is 0.228 e. The Bertz CT molecular complexity index is 845. The molecule has 1 atom stereocenters. The van der Waals surface area contributed by atoms with Gasteiger partial charge in [-0.1, -0.05) is 0 Å². The van der Waals surface area contributed by atoms with E-state index >= 15 is 0 Å². The highest BCUT2D eigenvalue weighted by Crippen LogP contribution is 2.36. The molecule has 1 saturated heterocycles. The minimum atomic E-state index is -0.408. The second kappa shape index (κ2) is 7.73. The van der Waals surface area contributed by atoms with Crippen molar-refractivity contribution in [2.45, 2.75) is 19.9 Å². The van der Waals surface area contributed by atoms with Gasteiger partial charge in [-0.25, -0.2) is 0 Å². The third-order valence-corrected chi connectivity index (χ3v) is 4.72. The van der Waals surface area contributed by atoms with Crippen LogP contribution in [0.25, 0.3) is 0 Å². The second-order valence-electron chi connectivity index (χ2n) is 6.65. The van der Waals surface area contributed by atoms with Crippen molar-refractivity contribution in [3.05, 3.63) is 41.9 Å². The number of benzene rings is 1. The van der Waals surface area contributed by atoms with Crippen LogP contribution in [-0.4, -0.2) is 44.5 Å². The first kappa shape index (κ1) is 18.8. The normalized spacial score (nSPS) is 16.5. The molecule has 1 fully saturated rings. The molecule has 1 aliphatic heterocycles. The summed E-state index contributed by atoms with van der Waals surface area (Å²) in [6.07, 6.45) is 0.167. The van der Waals surface area contributed by atoms with Gasteiger partial charge < -0.3 is 23.7 Å². The minimum Gasteiger partial charge on any atom is -0.497 e. The first-order chi connectivity index (χ1) is 12.9. The summed E-state index contributed by atoms with van der Waals surface area (Å²) in [4.78, 5) is 28.6. The van der Waals surface area contributed by atoms with Crippen LogP contribution in [0.1, 0.15) is 17.9 Å². The largest absolute Gasteiger partial charge is 0.497 e. The first-order valence-electron chi connectivity index (χ1n) is 8.75. The van der Waals surface area contributed by atoms with Crippen LogP contribution in [0.3, 0.4) is 0 Å². The Balaban J connectivity index is 1.74. The Labute approximate surface area is 158 Å². The van der Waals surface area contributed by atoms with Gasteiger partial charge in [-0.3, -0.25) is 9.59 Å². The van der Waals surface area contributed by atoms with E-state index in [-0.39, 0.29) is 18.2 Å². The number of aryl methyl sites for hydroxylation is 1. The van der Waals surface area contributed by atoms with E-state index in [0.717, 1.165) is 11.5 Å². The molecule has 0 spiro atoms. The standard InChI is InChI=1S/C20H24N2O5/c1-13-5-6-16(27-13)12-21(2)20(24)14-9-19(23)22(11-14)17-10-15(25-3)7-8-18(17)26-4/h5-8,10,14H,9,11-12H2,1-4H3. The molecule has 1 unspecified atom stereocenters. The molecule has 2 aromatic rings. The predicted octanol–water partition coefficient (Wildman–Crippen LogP) is 2.62. The number of ether oxygens (including phenoxy) is 2. The van der Waals surface area contributed by atoms with Crippen molar-refractivity contribution < 1.29 is 23.5 Å². The van der Waals surface area contributed by atoms with Crippen molar-refractivity contribution in [3.8, 4) is 11.5 Å². The number of nitrogens with zero attached hydrogens (tertiary/aromatic N) is 2. The lowest BCUT2D eigenvalue weighted by Gasteiger charge is -2.22. The van der Waals surface area contributed by atoms with E-state index < -0.39 is 5.92 Å². The zero-order valence-electron chi connectivity index (χ0n) is 16.0. The number of hydrogen-bond acceptors (Lipinski definition) is 5. The molecular formula is C20H24N2O5. The number of methoxy groups -OCH3 is 2. The zero-order chi connectivity index (χ0) is 19.6. The summed E-state index contributed by atoms with van der Waals surface area (Å²) in [5, 5.41) is 0. The smallest absolute Gasteiger partial charge is 0.228 e. The molecule has 144 valence electrons. The van der Waals surface area contributed by atoms with Gasteiger partial charge in [0, 0.05) is 26.1 Å². The van der Waals surface area contributed by atoms with Crippen LogP contribution in [0.4, 0.5) is 5.69 Å². The first-order valence-corrected chi connectivity index (χ1v) is 8.75. The zero-order valence-corrected chi connectivity index (χ0v) is 16.0. The number of carbonyl (C=O) groups is 2. The van der Waals surface area contributed by atoms with Gasteiger partial charge in [0.2, 0.25) is 11.8 Å². The number of carbonyl (C=O) groups excluding carboxylic acids is 2. The molecule has 1 aromatic carbocycles. The number of furan rings is 1. The molecule has 3 rings (SSSR count). The maximum absolute atomic E-state index is 12.8. The van der Waals surface area contributed by atoms with Crippen molar-refractivity contribution >= 4 is 17.5 Å². The van der Waals surface area contributed by atoms with E-state index in [1.807, 2.05) is 19.1 Å². The monoisotopic (exact) mass is 372 g/mol. The van der Waals surface area contributed by atoms with Crippen molar-refractivity contribution in [1.82, 2.24) is 4.90 Å². The van der Waals surface area contributed by atoms with Gasteiger partial charge in [0.05, 0.1) is 32.4 Å². The van der Waals surface area contributed by atoms with Crippen LogP contribution in [-0.2, 0) is 16.1 Å². The molecule has 1 aromatic heterocycles.